The molecule has 0 bridgehead atoms. The number of nitrogens with two attached hydrogens (primary N) is 1. The first-order valence-corrected chi connectivity index (χ1v) is 6.89. The zero-order valence-corrected chi connectivity index (χ0v) is 12.1. The largest absolute Gasteiger partial charge is 0.302 e. The van der Waals surface area contributed by atoms with Crippen LogP contribution in [-0.4, -0.2) is 30.4 Å². The first-order valence-electron chi connectivity index (χ1n) is 6.89. The summed E-state index contributed by atoms with van der Waals surface area (Å²) in [5.74, 6) is 4.95. The van der Waals surface area contributed by atoms with Crippen molar-refractivity contribution in [3.05, 3.63) is 35.9 Å². The number of hydrazine groups is 1. The number of nitrogens with zero attached hydrogens (tertiary/aromatic N) is 1. The Morgan fingerprint density at radius 1 is 1.26 bits per heavy atom. The Morgan fingerprint density at radius 3 is 2.32 bits per heavy atom. The summed E-state index contributed by atoms with van der Waals surface area (Å²) in [5, 5.41) is 0. The fourth-order valence-electron chi connectivity index (χ4n) is 2.47. The Balaban J connectivity index is 2.85. The van der Waals surface area contributed by atoms with Gasteiger partial charge in [0.2, 0.25) is 5.91 Å². The lowest BCUT2D eigenvalue weighted by atomic mass is 9.97. The fourth-order valence-corrected chi connectivity index (χ4v) is 2.47. The summed E-state index contributed by atoms with van der Waals surface area (Å²) >= 11 is 0. The van der Waals surface area contributed by atoms with Crippen molar-refractivity contribution >= 4 is 5.91 Å². The normalized spacial score (nSPS) is 12.7. The molecule has 0 spiro atoms. The molecule has 0 fully saturated rings. The SMILES string of the molecule is CCC(CC)N(C)CC(C(=O)NN)c1ccccc1. The van der Waals surface area contributed by atoms with Crippen LogP contribution in [-0.2, 0) is 4.79 Å². The summed E-state index contributed by atoms with van der Waals surface area (Å²) in [6.07, 6.45) is 2.16. The maximum Gasteiger partial charge on any atom is 0.242 e. The van der Waals surface area contributed by atoms with Gasteiger partial charge in [-0.15, -0.1) is 0 Å². The lowest BCUT2D eigenvalue weighted by Gasteiger charge is -2.29. The predicted molar refractivity (Wildman–Crippen MR) is 78.5 cm³/mol. The van der Waals surface area contributed by atoms with E-state index in [1.54, 1.807) is 0 Å². The third-order valence-corrected chi connectivity index (χ3v) is 3.70. The quantitative estimate of drug-likeness (QED) is 0.448. The van der Waals surface area contributed by atoms with Crippen molar-refractivity contribution in [3.63, 3.8) is 0 Å². The second kappa shape index (κ2) is 7.92. The summed E-state index contributed by atoms with van der Waals surface area (Å²) in [6.45, 7) is 5.02. The molecule has 4 heteroatoms. The maximum atomic E-state index is 12.0. The van der Waals surface area contributed by atoms with Gasteiger partial charge in [-0.2, -0.15) is 0 Å². The van der Waals surface area contributed by atoms with Crippen molar-refractivity contribution in [2.45, 2.75) is 38.6 Å². The number of carbonyl (C=O) groups is 1. The average Bonchev–Trinajstić information content (AvgIpc) is 2.46. The Hall–Kier alpha value is -1.39. The van der Waals surface area contributed by atoms with Crippen LogP contribution < -0.4 is 11.3 Å². The van der Waals surface area contributed by atoms with Crippen LogP contribution in [0.25, 0.3) is 0 Å². The third-order valence-electron chi connectivity index (χ3n) is 3.70. The second-order valence-corrected chi connectivity index (χ2v) is 4.88. The molecule has 1 aromatic carbocycles. The van der Waals surface area contributed by atoms with Crippen LogP contribution in [0.2, 0.25) is 0 Å². The van der Waals surface area contributed by atoms with E-state index in [-0.39, 0.29) is 11.8 Å². The molecule has 1 atom stereocenters. The van der Waals surface area contributed by atoms with Gasteiger partial charge in [-0.05, 0) is 25.5 Å². The van der Waals surface area contributed by atoms with Gasteiger partial charge in [0.15, 0.2) is 0 Å². The van der Waals surface area contributed by atoms with Gasteiger partial charge in [0.1, 0.15) is 0 Å². The van der Waals surface area contributed by atoms with Crippen molar-refractivity contribution in [1.82, 2.24) is 10.3 Å². The van der Waals surface area contributed by atoms with Crippen LogP contribution in [0, 0.1) is 0 Å². The molecule has 19 heavy (non-hydrogen) atoms. The van der Waals surface area contributed by atoms with Crippen molar-refractivity contribution in [2.75, 3.05) is 13.6 Å². The molecule has 0 aromatic heterocycles. The third kappa shape index (κ3) is 4.33. The highest BCUT2D eigenvalue weighted by molar-refractivity contribution is 5.83. The Labute approximate surface area is 115 Å². The maximum absolute atomic E-state index is 12.0. The molecule has 0 radical (unpaired) electrons. The van der Waals surface area contributed by atoms with E-state index < -0.39 is 0 Å². The number of hydrogen-bond acceptors (Lipinski definition) is 3. The number of carbonyl (C=O) groups excluding carboxylic acids is 1. The second-order valence-electron chi connectivity index (χ2n) is 4.88. The van der Waals surface area contributed by atoms with Crippen molar-refractivity contribution in [2.24, 2.45) is 5.84 Å². The van der Waals surface area contributed by atoms with Gasteiger partial charge in [-0.1, -0.05) is 44.2 Å². The van der Waals surface area contributed by atoms with Gasteiger partial charge >= 0.3 is 0 Å². The smallest absolute Gasteiger partial charge is 0.242 e. The van der Waals surface area contributed by atoms with Gasteiger partial charge in [0.05, 0.1) is 5.92 Å². The summed E-state index contributed by atoms with van der Waals surface area (Å²) in [6, 6.07) is 10.3. The van der Waals surface area contributed by atoms with Crippen LogP contribution in [0.3, 0.4) is 0 Å². The minimum absolute atomic E-state index is 0.135. The summed E-state index contributed by atoms with van der Waals surface area (Å²) in [4.78, 5) is 14.2. The van der Waals surface area contributed by atoms with E-state index >= 15 is 0 Å². The molecular formula is C15H25N3O. The minimum Gasteiger partial charge on any atom is -0.302 e. The van der Waals surface area contributed by atoms with E-state index in [0.717, 1.165) is 18.4 Å². The van der Waals surface area contributed by atoms with Gasteiger partial charge in [0, 0.05) is 12.6 Å². The highest BCUT2D eigenvalue weighted by atomic mass is 16.2. The molecule has 1 rings (SSSR count). The molecular weight excluding hydrogens is 238 g/mol. The molecule has 0 aliphatic rings. The van der Waals surface area contributed by atoms with E-state index in [4.69, 9.17) is 5.84 Å². The highest BCUT2D eigenvalue weighted by Crippen LogP contribution is 2.19. The number of rotatable bonds is 7. The molecule has 1 amide bonds. The first kappa shape index (κ1) is 15.7. The standard InChI is InChI=1S/C15H25N3O/c1-4-13(5-2)18(3)11-14(15(19)17-16)12-9-7-6-8-10-12/h6-10,13-14H,4-5,11,16H2,1-3H3,(H,17,19). The van der Waals surface area contributed by atoms with Crippen LogP contribution in [0.15, 0.2) is 30.3 Å². The zero-order valence-electron chi connectivity index (χ0n) is 12.1. The van der Waals surface area contributed by atoms with Crippen LogP contribution >= 0.6 is 0 Å². The summed E-state index contributed by atoms with van der Waals surface area (Å²) in [7, 11) is 2.07. The molecule has 0 aliphatic carbocycles. The molecule has 1 aromatic rings. The topological polar surface area (TPSA) is 58.4 Å². The molecule has 3 N–H and O–H groups in total. The molecule has 106 valence electrons. The molecule has 0 saturated carbocycles. The van der Waals surface area contributed by atoms with Crippen molar-refractivity contribution in [3.8, 4) is 0 Å². The Kier molecular flexibility index (Phi) is 6.53. The van der Waals surface area contributed by atoms with E-state index in [1.807, 2.05) is 30.3 Å². The van der Waals surface area contributed by atoms with Crippen molar-refractivity contribution < 1.29 is 4.79 Å². The number of amides is 1. The molecule has 0 aliphatic heterocycles. The Morgan fingerprint density at radius 2 is 1.84 bits per heavy atom. The van der Waals surface area contributed by atoms with Crippen LogP contribution in [0.5, 0.6) is 0 Å². The number of hydrogen-bond donors (Lipinski definition) is 2. The van der Waals surface area contributed by atoms with Crippen molar-refractivity contribution in [1.29, 1.82) is 0 Å². The Bertz CT molecular complexity index is 376. The van der Waals surface area contributed by atoms with E-state index in [0.29, 0.717) is 12.6 Å². The van der Waals surface area contributed by atoms with E-state index in [9.17, 15) is 4.79 Å². The molecule has 0 saturated heterocycles. The van der Waals surface area contributed by atoms with E-state index in [1.165, 1.54) is 0 Å². The summed E-state index contributed by atoms with van der Waals surface area (Å²) < 4.78 is 0. The molecule has 1 unspecified atom stereocenters. The molecule has 0 heterocycles. The van der Waals surface area contributed by atoms with Crippen LogP contribution in [0.4, 0.5) is 0 Å². The van der Waals surface area contributed by atoms with Gasteiger partial charge in [-0.25, -0.2) is 5.84 Å². The monoisotopic (exact) mass is 263 g/mol. The van der Waals surface area contributed by atoms with Crippen LogP contribution in [0.1, 0.15) is 38.2 Å². The van der Waals surface area contributed by atoms with Gasteiger partial charge < -0.3 is 4.90 Å². The first-order chi connectivity index (χ1) is 9.13. The number of nitrogens with one attached hydrogen (secondary N) is 1. The number of benzene rings is 1. The molecule has 4 nitrogen and oxygen atoms in total. The fraction of sp³-hybridized carbons (Fsp3) is 0.533. The predicted octanol–water partition coefficient (Wildman–Crippen LogP) is 1.88. The van der Waals surface area contributed by atoms with E-state index in [2.05, 4.69) is 31.2 Å². The van der Waals surface area contributed by atoms with Gasteiger partial charge in [-0.3, -0.25) is 10.2 Å². The highest BCUT2D eigenvalue weighted by Gasteiger charge is 2.23. The minimum atomic E-state index is -0.225. The summed E-state index contributed by atoms with van der Waals surface area (Å²) in [5.41, 5.74) is 3.28. The number of likely N-dealkylation sites (N-methyl/N-ethyl adjacent to an activating group) is 1. The lowest BCUT2D eigenvalue weighted by molar-refractivity contribution is -0.123. The lowest BCUT2D eigenvalue weighted by Crippen LogP contribution is -2.42. The zero-order chi connectivity index (χ0) is 14.3. The average molecular weight is 263 g/mol. The van der Waals surface area contributed by atoms with Gasteiger partial charge in [0.25, 0.3) is 0 Å².